The highest BCUT2D eigenvalue weighted by atomic mass is 35.5. The van der Waals surface area contributed by atoms with E-state index in [1.54, 1.807) is 41.4 Å². The summed E-state index contributed by atoms with van der Waals surface area (Å²) in [4.78, 5) is 39.2. The number of nitrogens with one attached hydrogen (secondary N) is 1. The highest BCUT2D eigenvalue weighted by Gasteiger charge is 2.53. The Morgan fingerprint density at radius 1 is 1.00 bits per heavy atom. The van der Waals surface area contributed by atoms with Gasteiger partial charge in [0.05, 0.1) is 16.9 Å². The number of nitrogens with zero attached hydrogens (tertiary/aromatic N) is 2. The average Bonchev–Trinajstić information content (AvgIpc) is 3.15. The Morgan fingerprint density at radius 2 is 1.65 bits per heavy atom. The molecule has 1 saturated heterocycles. The molecule has 0 spiro atoms. The summed E-state index contributed by atoms with van der Waals surface area (Å²) in [6.07, 6.45) is 0. The summed E-state index contributed by atoms with van der Waals surface area (Å²) >= 11 is 5.89. The van der Waals surface area contributed by atoms with Crippen molar-refractivity contribution in [2.75, 3.05) is 9.91 Å². The third-order valence-electron chi connectivity index (χ3n) is 4.39. The number of hydrogen-bond donors (Lipinski definition) is 1. The van der Waals surface area contributed by atoms with Gasteiger partial charge in [-0.25, -0.2) is 4.90 Å². The van der Waals surface area contributed by atoms with E-state index in [2.05, 4.69) is 5.43 Å². The number of rotatable bonds is 3. The van der Waals surface area contributed by atoms with E-state index >= 15 is 0 Å². The minimum atomic E-state index is -0.889. The summed E-state index contributed by atoms with van der Waals surface area (Å²) in [5.74, 6) is -1.22. The van der Waals surface area contributed by atoms with Gasteiger partial charge in [-0.05, 0) is 36.4 Å². The number of hydrazine groups is 1. The summed E-state index contributed by atoms with van der Waals surface area (Å²) in [5.41, 5.74) is 4.34. The molecule has 130 valence electrons. The lowest BCUT2D eigenvalue weighted by atomic mass is 10.1. The molecule has 26 heavy (non-hydrogen) atoms. The molecule has 0 radical (unpaired) electrons. The van der Waals surface area contributed by atoms with Gasteiger partial charge in [0, 0.05) is 11.9 Å². The SMILES string of the molecule is CC(=O)C1=C2C(=O)N(c3ccc(Cl)cc3)C(=O)[C@H]2N(c2ccccc2)N1. The number of carbonyl (C=O) groups is 3. The van der Waals surface area contributed by atoms with Crippen molar-refractivity contribution in [2.45, 2.75) is 13.0 Å². The van der Waals surface area contributed by atoms with Crippen molar-refractivity contribution in [3.05, 3.63) is 70.9 Å². The predicted molar refractivity (Wildman–Crippen MR) is 97.5 cm³/mol. The third kappa shape index (κ3) is 2.38. The smallest absolute Gasteiger partial charge is 0.266 e. The Kier molecular flexibility index (Phi) is 3.77. The first-order valence-corrected chi connectivity index (χ1v) is 8.36. The number of amides is 2. The van der Waals surface area contributed by atoms with E-state index in [9.17, 15) is 14.4 Å². The van der Waals surface area contributed by atoms with Gasteiger partial charge < -0.3 is 0 Å². The van der Waals surface area contributed by atoms with E-state index < -0.39 is 17.9 Å². The third-order valence-corrected chi connectivity index (χ3v) is 4.64. The van der Waals surface area contributed by atoms with Crippen molar-refractivity contribution in [1.82, 2.24) is 5.43 Å². The molecule has 7 heteroatoms. The molecular formula is C19H14ClN3O3. The molecule has 0 aliphatic carbocycles. The Labute approximate surface area is 154 Å². The van der Waals surface area contributed by atoms with E-state index in [-0.39, 0.29) is 17.1 Å². The van der Waals surface area contributed by atoms with Crippen LogP contribution in [0.3, 0.4) is 0 Å². The van der Waals surface area contributed by atoms with Crippen LogP contribution in [0, 0.1) is 0 Å². The Hall–Kier alpha value is -3.12. The van der Waals surface area contributed by atoms with Crippen LogP contribution in [-0.4, -0.2) is 23.6 Å². The number of Topliss-reactive ketones (excluding diaryl/α,β-unsaturated/α-hetero) is 1. The van der Waals surface area contributed by atoms with Crippen molar-refractivity contribution in [3.8, 4) is 0 Å². The zero-order chi connectivity index (χ0) is 18.4. The van der Waals surface area contributed by atoms with E-state index in [1.807, 2.05) is 18.2 Å². The lowest BCUT2D eigenvalue weighted by molar-refractivity contribution is -0.121. The Bertz CT molecular complexity index is 954. The number of ketones is 1. The largest absolute Gasteiger partial charge is 0.293 e. The number of fused-ring (bicyclic) bond motifs is 1. The highest BCUT2D eigenvalue weighted by molar-refractivity contribution is 6.34. The maximum Gasteiger partial charge on any atom is 0.266 e. The molecule has 0 unspecified atom stereocenters. The molecule has 0 saturated carbocycles. The fourth-order valence-electron chi connectivity index (χ4n) is 3.22. The summed E-state index contributed by atoms with van der Waals surface area (Å²) in [7, 11) is 0. The second-order valence-electron chi connectivity index (χ2n) is 6.02. The van der Waals surface area contributed by atoms with Crippen LogP contribution in [0.15, 0.2) is 65.9 Å². The summed E-state index contributed by atoms with van der Waals surface area (Å²) < 4.78 is 0. The number of anilines is 2. The van der Waals surface area contributed by atoms with Gasteiger partial charge in [0.15, 0.2) is 11.8 Å². The zero-order valence-corrected chi connectivity index (χ0v) is 14.5. The molecule has 1 fully saturated rings. The van der Waals surface area contributed by atoms with Crippen LogP contribution in [0.25, 0.3) is 0 Å². The average molecular weight is 368 g/mol. The molecule has 2 aliphatic heterocycles. The molecule has 2 aromatic rings. The van der Waals surface area contributed by atoms with E-state index in [4.69, 9.17) is 11.6 Å². The second kappa shape index (κ2) is 6.00. The van der Waals surface area contributed by atoms with Gasteiger partial charge in [0.1, 0.15) is 5.70 Å². The highest BCUT2D eigenvalue weighted by Crippen LogP contribution is 2.36. The predicted octanol–water partition coefficient (Wildman–Crippen LogP) is 2.45. The molecule has 2 amide bonds. The fraction of sp³-hybridized carbons (Fsp3) is 0.105. The van der Waals surface area contributed by atoms with Gasteiger partial charge in [0.25, 0.3) is 11.8 Å². The molecular weight excluding hydrogens is 354 g/mol. The number of para-hydroxylation sites is 1. The van der Waals surface area contributed by atoms with Crippen LogP contribution in [0.5, 0.6) is 0 Å². The molecule has 2 heterocycles. The van der Waals surface area contributed by atoms with Crippen LogP contribution in [0.4, 0.5) is 11.4 Å². The first-order valence-electron chi connectivity index (χ1n) is 7.99. The summed E-state index contributed by atoms with van der Waals surface area (Å²) in [6.45, 7) is 1.36. The van der Waals surface area contributed by atoms with E-state index in [0.29, 0.717) is 16.4 Å². The monoisotopic (exact) mass is 367 g/mol. The maximum atomic E-state index is 13.1. The van der Waals surface area contributed by atoms with Gasteiger partial charge in [0.2, 0.25) is 0 Å². The number of benzene rings is 2. The normalized spacial score (nSPS) is 19.1. The molecule has 0 aromatic heterocycles. The lowest BCUT2D eigenvalue weighted by Crippen LogP contribution is -2.46. The summed E-state index contributed by atoms with van der Waals surface area (Å²) in [6, 6.07) is 14.6. The number of imide groups is 1. The van der Waals surface area contributed by atoms with Crippen LogP contribution < -0.4 is 15.3 Å². The maximum absolute atomic E-state index is 13.1. The van der Waals surface area contributed by atoms with Crippen molar-refractivity contribution in [3.63, 3.8) is 0 Å². The Morgan fingerprint density at radius 3 is 2.27 bits per heavy atom. The molecule has 0 bridgehead atoms. The van der Waals surface area contributed by atoms with Gasteiger partial charge in [-0.2, -0.15) is 0 Å². The minimum absolute atomic E-state index is 0.147. The van der Waals surface area contributed by atoms with Gasteiger partial charge in [-0.3, -0.25) is 24.8 Å². The van der Waals surface area contributed by atoms with Crippen LogP contribution >= 0.6 is 11.6 Å². The van der Waals surface area contributed by atoms with Gasteiger partial charge in [-0.1, -0.05) is 29.8 Å². The van der Waals surface area contributed by atoms with E-state index in [1.165, 1.54) is 6.92 Å². The van der Waals surface area contributed by atoms with Crippen LogP contribution in [0.1, 0.15) is 6.92 Å². The Balaban J connectivity index is 1.82. The molecule has 1 N–H and O–H groups in total. The van der Waals surface area contributed by atoms with Crippen LogP contribution in [-0.2, 0) is 14.4 Å². The van der Waals surface area contributed by atoms with Gasteiger partial charge in [-0.15, -0.1) is 0 Å². The molecule has 1 atom stereocenters. The number of allylic oxidation sites excluding steroid dienone is 1. The fourth-order valence-corrected chi connectivity index (χ4v) is 3.34. The lowest BCUT2D eigenvalue weighted by Gasteiger charge is -2.26. The molecule has 2 aliphatic rings. The van der Waals surface area contributed by atoms with Crippen molar-refractivity contribution in [2.24, 2.45) is 0 Å². The van der Waals surface area contributed by atoms with Crippen molar-refractivity contribution < 1.29 is 14.4 Å². The molecule has 6 nitrogen and oxygen atoms in total. The second-order valence-corrected chi connectivity index (χ2v) is 6.46. The number of hydrogen-bond acceptors (Lipinski definition) is 5. The minimum Gasteiger partial charge on any atom is -0.293 e. The number of halogens is 1. The summed E-state index contributed by atoms with van der Waals surface area (Å²) in [5, 5.41) is 2.06. The van der Waals surface area contributed by atoms with Gasteiger partial charge >= 0.3 is 0 Å². The molecule has 2 aromatic carbocycles. The quantitative estimate of drug-likeness (QED) is 0.844. The van der Waals surface area contributed by atoms with Crippen molar-refractivity contribution in [1.29, 1.82) is 0 Å². The van der Waals surface area contributed by atoms with Crippen LogP contribution in [0.2, 0.25) is 5.02 Å². The zero-order valence-electron chi connectivity index (χ0n) is 13.8. The van der Waals surface area contributed by atoms with Crippen molar-refractivity contribution >= 4 is 40.6 Å². The van der Waals surface area contributed by atoms with E-state index in [0.717, 1.165) is 4.90 Å². The molecule has 4 rings (SSSR count). The first-order chi connectivity index (χ1) is 12.5. The number of carbonyl (C=O) groups excluding carboxylic acids is 3. The first kappa shape index (κ1) is 16.4. The topological polar surface area (TPSA) is 69.7 Å². The standard InChI is InChI=1S/C19H14ClN3O3/c1-11(24)16-15-17(23(21-16)14-5-3-2-4-6-14)19(26)22(18(15)25)13-9-7-12(20)8-10-13/h2-10,17,21H,1H3/t17-/m0/s1.